The third kappa shape index (κ3) is 3.85. The molecule has 1 aromatic heterocycles. The van der Waals surface area contributed by atoms with Gasteiger partial charge in [0.1, 0.15) is 0 Å². The molecule has 1 saturated heterocycles. The minimum Gasteiger partial charge on any atom is -0.352 e. The Labute approximate surface area is 164 Å². The maximum absolute atomic E-state index is 12.6. The minimum absolute atomic E-state index is 0.0975. The summed E-state index contributed by atoms with van der Waals surface area (Å²) in [6.07, 6.45) is 3.40. The van der Waals surface area contributed by atoms with Gasteiger partial charge in [0, 0.05) is 29.2 Å². The molecule has 0 unspecified atom stereocenters. The molecular formula is C23H25N3O2. The summed E-state index contributed by atoms with van der Waals surface area (Å²) in [6, 6.07) is 17.4. The van der Waals surface area contributed by atoms with Crippen molar-refractivity contribution in [1.82, 2.24) is 15.2 Å². The fourth-order valence-electron chi connectivity index (χ4n) is 3.99. The zero-order chi connectivity index (χ0) is 19.5. The Morgan fingerprint density at radius 1 is 1.18 bits per heavy atom. The van der Waals surface area contributed by atoms with E-state index >= 15 is 0 Å². The third-order valence-electron chi connectivity index (χ3n) is 5.62. The Balaban J connectivity index is 1.50. The van der Waals surface area contributed by atoms with Crippen LogP contribution >= 0.6 is 0 Å². The first-order valence-electron chi connectivity index (χ1n) is 9.83. The number of nitrogens with zero attached hydrogens (tertiary/aromatic N) is 1. The van der Waals surface area contributed by atoms with Crippen molar-refractivity contribution in [2.75, 3.05) is 20.1 Å². The molecule has 1 amide bonds. The molecule has 3 aromatic rings. The summed E-state index contributed by atoms with van der Waals surface area (Å²) < 4.78 is 0. The molecule has 0 aliphatic carbocycles. The molecule has 2 aromatic carbocycles. The van der Waals surface area contributed by atoms with Gasteiger partial charge in [-0.15, -0.1) is 0 Å². The van der Waals surface area contributed by atoms with Crippen molar-refractivity contribution in [2.45, 2.75) is 25.3 Å². The number of aromatic nitrogens is 1. The molecule has 4 rings (SSSR count). The summed E-state index contributed by atoms with van der Waals surface area (Å²) in [7, 11) is 2.14. The lowest BCUT2D eigenvalue weighted by Gasteiger charge is -2.19. The number of likely N-dealkylation sites (tertiary alicyclic amines) is 1. The zero-order valence-electron chi connectivity index (χ0n) is 16.1. The summed E-state index contributed by atoms with van der Waals surface area (Å²) in [5.74, 6) is -0.0975. The standard InChI is InChI=1S/C23H25N3O2/c1-26-13-5-9-19(26)11-12-24-22(27)18-8-4-7-16(14-18)20-15-17-6-2-3-10-21(17)25-23(20)28/h2-4,6-8,10,14-15,19H,5,9,11-13H2,1H3,(H,24,27)(H,25,28)/t19-/m1/s1. The number of fused-ring (bicyclic) bond motifs is 1. The van der Waals surface area contributed by atoms with E-state index in [1.54, 1.807) is 12.1 Å². The molecule has 0 bridgehead atoms. The van der Waals surface area contributed by atoms with Crippen molar-refractivity contribution >= 4 is 16.8 Å². The van der Waals surface area contributed by atoms with Crippen molar-refractivity contribution in [3.63, 3.8) is 0 Å². The first-order valence-corrected chi connectivity index (χ1v) is 9.83. The second-order valence-electron chi connectivity index (χ2n) is 7.50. The Bertz CT molecular complexity index is 1060. The lowest BCUT2D eigenvalue weighted by Crippen LogP contribution is -2.31. The van der Waals surface area contributed by atoms with Crippen LogP contribution in [0.15, 0.2) is 59.4 Å². The van der Waals surface area contributed by atoms with Crippen molar-refractivity contribution in [1.29, 1.82) is 0 Å². The molecule has 0 saturated carbocycles. The number of hydrogen-bond acceptors (Lipinski definition) is 3. The number of carbonyl (C=O) groups is 1. The van der Waals surface area contributed by atoms with Gasteiger partial charge in [0.2, 0.25) is 0 Å². The molecule has 1 atom stereocenters. The largest absolute Gasteiger partial charge is 0.352 e. The van der Waals surface area contributed by atoms with Crippen LogP contribution in [0.3, 0.4) is 0 Å². The van der Waals surface area contributed by atoms with Gasteiger partial charge in [-0.1, -0.05) is 30.3 Å². The molecule has 5 nitrogen and oxygen atoms in total. The topological polar surface area (TPSA) is 65.2 Å². The fourth-order valence-corrected chi connectivity index (χ4v) is 3.99. The molecule has 28 heavy (non-hydrogen) atoms. The van der Waals surface area contributed by atoms with Crippen molar-refractivity contribution in [3.05, 3.63) is 70.5 Å². The van der Waals surface area contributed by atoms with Crippen LogP contribution in [0.2, 0.25) is 0 Å². The van der Waals surface area contributed by atoms with E-state index in [1.165, 1.54) is 12.8 Å². The van der Waals surface area contributed by atoms with Crippen LogP contribution in [0.4, 0.5) is 0 Å². The van der Waals surface area contributed by atoms with E-state index in [0.717, 1.165) is 29.4 Å². The van der Waals surface area contributed by atoms with Gasteiger partial charge in [0.05, 0.1) is 0 Å². The smallest absolute Gasteiger partial charge is 0.256 e. The van der Waals surface area contributed by atoms with E-state index in [-0.39, 0.29) is 11.5 Å². The molecule has 1 aliphatic heterocycles. The van der Waals surface area contributed by atoms with Gasteiger partial charge in [-0.05, 0) is 68.1 Å². The first-order chi connectivity index (χ1) is 13.6. The van der Waals surface area contributed by atoms with Crippen molar-refractivity contribution < 1.29 is 4.79 Å². The predicted molar refractivity (Wildman–Crippen MR) is 113 cm³/mol. The first kappa shape index (κ1) is 18.4. The SMILES string of the molecule is CN1CCC[C@@H]1CCNC(=O)c1cccc(-c2cc3ccccc3[nH]c2=O)c1. The highest BCUT2D eigenvalue weighted by Crippen LogP contribution is 2.21. The van der Waals surface area contributed by atoms with Gasteiger partial charge in [-0.3, -0.25) is 9.59 Å². The highest BCUT2D eigenvalue weighted by atomic mass is 16.1. The molecule has 5 heteroatoms. The van der Waals surface area contributed by atoms with Crippen LogP contribution in [-0.4, -0.2) is 42.0 Å². The van der Waals surface area contributed by atoms with Gasteiger partial charge in [-0.25, -0.2) is 0 Å². The van der Waals surface area contributed by atoms with Gasteiger partial charge in [0.15, 0.2) is 0 Å². The van der Waals surface area contributed by atoms with Crippen molar-refractivity contribution in [3.8, 4) is 11.1 Å². The molecule has 0 spiro atoms. The normalized spacial score (nSPS) is 17.1. The highest BCUT2D eigenvalue weighted by Gasteiger charge is 2.20. The lowest BCUT2D eigenvalue weighted by molar-refractivity contribution is 0.0950. The van der Waals surface area contributed by atoms with E-state index in [2.05, 4.69) is 22.2 Å². The lowest BCUT2D eigenvalue weighted by atomic mass is 10.0. The van der Waals surface area contributed by atoms with Crippen molar-refractivity contribution in [2.24, 2.45) is 0 Å². The van der Waals surface area contributed by atoms with Gasteiger partial charge in [0.25, 0.3) is 11.5 Å². The zero-order valence-corrected chi connectivity index (χ0v) is 16.1. The predicted octanol–water partition coefficient (Wildman–Crippen LogP) is 3.41. The number of hydrogen-bond donors (Lipinski definition) is 2. The Morgan fingerprint density at radius 3 is 2.86 bits per heavy atom. The Morgan fingerprint density at radius 2 is 2.04 bits per heavy atom. The van der Waals surface area contributed by atoms with Gasteiger partial charge in [-0.2, -0.15) is 0 Å². The highest BCUT2D eigenvalue weighted by molar-refractivity contribution is 5.95. The van der Waals surface area contributed by atoms with E-state index in [4.69, 9.17) is 0 Å². The van der Waals surface area contributed by atoms with E-state index in [0.29, 0.717) is 23.7 Å². The number of H-pyrrole nitrogens is 1. The van der Waals surface area contributed by atoms with Gasteiger partial charge >= 0.3 is 0 Å². The fraction of sp³-hybridized carbons (Fsp3) is 0.304. The number of carbonyl (C=O) groups excluding carboxylic acids is 1. The van der Waals surface area contributed by atoms with Crippen LogP contribution in [0.5, 0.6) is 0 Å². The monoisotopic (exact) mass is 375 g/mol. The molecule has 144 valence electrons. The Kier molecular flexibility index (Phi) is 5.26. The van der Waals surface area contributed by atoms with E-state index in [9.17, 15) is 9.59 Å². The quantitative estimate of drug-likeness (QED) is 0.718. The van der Waals surface area contributed by atoms with Crippen LogP contribution in [-0.2, 0) is 0 Å². The molecule has 0 radical (unpaired) electrons. The number of benzene rings is 2. The summed E-state index contributed by atoms with van der Waals surface area (Å²) in [4.78, 5) is 30.3. The van der Waals surface area contributed by atoms with Crippen LogP contribution < -0.4 is 10.9 Å². The number of aromatic amines is 1. The summed E-state index contributed by atoms with van der Waals surface area (Å²) >= 11 is 0. The number of para-hydroxylation sites is 1. The maximum atomic E-state index is 12.6. The molecule has 1 aliphatic rings. The number of nitrogens with one attached hydrogen (secondary N) is 2. The summed E-state index contributed by atoms with van der Waals surface area (Å²) in [6.45, 7) is 1.80. The second-order valence-corrected chi connectivity index (χ2v) is 7.50. The minimum atomic E-state index is -0.152. The molecule has 2 N–H and O–H groups in total. The molecule has 1 fully saturated rings. The van der Waals surface area contributed by atoms with Crippen LogP contribution in [0.25, 0.3) is 22.0 Å². The van der Waals surface area contributed by atoms with Gasteiger partial charge < -0.3 is 15.2 Å². The number of pyridine rings is 1. The van der Waals surface area contributed by atoms with Crippen LogP contribution in [0.1, 0.15) is 29.6 Å². The summed E-state index contributed by atoms with van der Waals surface area (Å²) in [5.41, 5.74) is 2.54. The number of rotatable bonds is 5. The third-order valence-corrected chi connectivity index (χ3v) is 5.62. The average molecular weight is 375 g/mol. The Hall–Kier alpha value is -2.92. The average Bonchev–Trinajstić information content (AvgIpc) is 3.12. The van der Waals surface area contributed by atoms with E-state index < -0.39 is 0 Å². The second kappa shape index (κ2) is 7.98. The van der Waals surface area contributed by atoms with Crippen LogP contribution in [0, 0.1) is 0 Å². The summed E-state index contributed by atoms with van der Waals surface area (Å²) in [5, 5.41) is 3.98. The molecular weight excluding hydrogens is 350 g/mol. The van der Waals surface area contributed by atoms with E-state index in [1.807, 2.05) is 42.5 Å². The maximum Gasteiger partial charge on any atom is 0.256 e. The number of amides is 1. The molecule has 2 heterocycles.